The first kappa shape index (κ1) is 15.4. The number of aliphatic carboxylic acids is 1. The average Bonchev–Trinajstić information content (AvgIpc) is 2.27. The van der Waals surface area contributed by atoms with Gasteiger partial charge in [-0.25, -0.2) is 12.8 Å². The first-order valence-electron chi connectivity index (χ1n) is 4.89. The van der Waals surface area contributed by atoms with Gasteiger partial charge in [0.1, 0.15) is 17.3 Å². The Bertz CT molecular complexity index is 639. The number of hydrogen-bond acceptors (Lipinski definition) is 3. The molecule has 0 fully saturated rings. The van der Waals surface area contributed by atoms with Gasteiger partial charge in [0.05, 0.1) is 11.6 Å². The van der Waals surface area contributed by atoms with Crippen molar-refractivity contribution >= 4 is 27.6 Å². The van der Waals surface area contributed by atoms with Gasteiger partial charge in [0.15, 0.2) is 0 Å². The van der Waals surface area contributed by atoms with Gasteiger partial charge in [-0.1, -0.05) is 17.5 Å². The van der Waals surface area contributed by atoms with Crippen LogP contribution in [0.4, 0.5) is 4.39 Å². The standard InChI is InChI=1S/C11H9ClFNO4S/c1-2-5-14(7-11(15)16)19(17,18)10-4-3-8(13)6-9(10)12/h1,3-4,6H,5,7H2,(H,15,16). The highest BCUT2D eigenvalue weighted by molar-refractivity contribution is 7.89. The van der Waals surface area contributed by atoms with Gasteiger partial charge in [0.2, 0.25) is 10.0 Å². The molecule has 0 saturated carbocycles. The van der Waals surface area contributed by atoms with Crippen molar-refractivity contribution in [3.8, 4) is 12.3 Å². The summed E-state index contributed by atoms with van der Waals surface area (Å²) < 4.78 is 37.7. The van der Waals surface area contributed by atoms with E-state index in [9.17, 15) is 17.6 Å². The maximum Gasteiger partial charge on any atom is 0.318 e. The van der Waals surface area contributed by atoms with E-state index < -0.39 is 39.8 Å². The van der Waals surface area contributed by atoms with Crippen LogP contribution in [0.5, 0.6) is 0 Å². The lowest BCUT2D eigenvalue weighted by Gasteiger charge is -2.18. The van der Waals surface area contributed by atoms with Crippen LogP contribution < -0.4 is 0 Å². The number of hydrogen-bond donors (Lipinski definition) is 1. The molecule has 0 aliphatic heterocycles. The van der Waals surface area contributed by atoms with Crippen molar-refractivity contribution < 1.29 is 22.7 Å². The molecule has 1 N–H and O–H groups in total. The molecule has 0 aromatic heterocycles. The molecule has 1 aromatic rings. The molecule has 0 amide bonds. The molecule has 0 aliphatic rings. The van der Waals surface area contributed by atoms with Gasteiger partial charge < -0.3 is 5.11 Å². The van der Waals surface area contributed by atoms with Crippen LogP contribution in [0.3, 0.4) is 0 Å². The van der Waals surface area contributed by atoms with E-state index in [0.717, 1.165) is 18.2 Å². The van der Waals surface area contributed by atoms with Gasteiger partial charge in [-0.3, -0.25) is 4.79 Å². The van der Waals surface area contributed by atoms with Crippen molar-refractivity contribution in [3.05, 3.63) is 29.0 Å². The molecule has 5 nitrogen and oxygen atoms in total. The molecule has 0 atom stereocenters. The zero-order valence-corrected chi connectivity index (χ0v) is 11.1. The molecule has 1 rings (SSSR count). The minimum absolute atomic E-state index is 0.340. The third-order valence-corrected chi connectivity index (χ3v) is 4.37. The van der Waals surface area contributed by atoms with E-state index in [-0.39, 0.29) is 5.02 Å². The Morgan fingerprint density at radius 3 is 2.63 bits per heavy atom. The number of halogens is 2. The second-order valence-corrected chi connectivity index (χ2v) is 5.76. The quantitative estimate of drug-likeness (QED) is 0.829. The summed E-state index contributed by atoms with van der Waals surface area (Å²) in [6.45, 7) is -1.23. The van der Waals surface area contributed by atoms with Crippen LogP contribution in [0.2, 0.25) is 5.02 Å². The van der Waals surface area contributed by atoms with Crippen molar-refractivity contribution in [2.75, 3.05) is 13.1 Å². The largest absolute Gasteiger partial charge is 0.480 e. The molecule has 0 bridgehead atoms. The normalized spacial score (nSPS) is 11.3. The Morgan fingerprint density at radius 1 is 1.53 bits per heavy atom. The monoisotopic (exact) mass is 305 g/mol. The van der Waals surface area contributed by atoms with Gasteiger partial charge in [-0.05, 0) is 18.2 Å². The molecule has 19 heavy (non-hydrogen) atoms. The highest BCUT2D eigenvalue weighted by atomic mass is 35.5. The average molecular weight is 306 g/mol. The molecule has 102 valence electrons. The number of carboxylic acids is 1. The predicted molar refractivity (Wildman–Crippen MR) is 66.6 cm³/mol. The molecule has 8 heteroatoms. The number of rotatable bonds is 5. The van der Waals surface area contributed by atoms with Crippen LogP contribution in [-0.4, -0.2) is 36.9 Å². The summed E-state index contributed by atoms with van der Waals surface area (Å²) in [4.78, 5) is 10.2. The number of carboxylic acid groups (broad SMARTS) is 1. The summed E-state index contributed by atoms with van der Waals surface area (Å²) in [6, 6.07) is 2.69. The van der Waals surface area contributed by atoms with E-state index in [1.54, 1.807) is 0 Å². The fourth-order valence-corrected chi connectivity index (χ4v) is 3.11. The van der Waals surface area contributed by atoms with E-state index >= 15 is 0 Å². The van der Waals surface area contributed by atoms with Crippen molar-refractivity contribution in [2.45, 2.75) is 4.90 Å². The number of nitrogens with zero attached hydrogens (tertiary/aromatic N) is 1. The Morgan fingerprint density at radius 2 is 2.16 bits per heavy atom. The topological polar surface area (TPSA) is 74.7 Å². The maximum atomic E-state index is 12.9. The number of sulfonamides is 1. The first-order chi connectivity index (χ1) is 8.78. The second kappa shape index (κ2) is 6.02. The van der Waals surface area contributed by atoms with E-state index in [1.165, 1.54) is 0 Å². The molecule has 0 unspecified atom stereocenters. The first-order valence-corrected chi connectivity index (χ1v) is 6.71. The summed E-state index contributed by atoms with van der Waals surface area (Å²) in [5, 5.41) is 8.33. The van der Waals surface area contributed by atoms with Crippen LogP contribution in [0.15, 0.2) is 23.1 Å². The SMILES string of the molecule is C#CCN(CC(=O)O)S(=O)(=O)c1ccc(F)cc1Cl. The maximum absolute atomic E-state index is 12.9. The van der Waals surface area contributed by atoms with Crippen LogP contribution in [0, 0.1) is 18.2 Å². The molecule has 0 spiro atoms. The van der Waals surface area contributed by atoms with E-state index in [2.05, 4.69) is 0 Å². The molecule has 0 saturated heterocycles. The fourth-order valence-electron chi connectivity index (χ4n) is 1.30. The van der Waals surface area contributed by atoms with E-state index in [0.29, 0.717) is 4.31 Å². The van der Waals surface area contributed by atoms with Crippen molar-refractivity contribution in [2.24, 2.45) is 0 Å². The molecular formula is C11H9ClFNO4S. The summed E-state index contributed by atoms with van der Waals surface area (Å²) in [5.41, 5.74) is 0. The van der Waals surface area contributed by atoms with Crippen LogP contribution in [0.1, 0.15) is 0 Å². The number of terminal acetylenes is 1. The van der Waals surface area contributed by atoms with Crippen molar-refractivity contribution in [1.29, 1.82) is 0 Å². The molecule has 1 aromatic carbocycles. The smallest absolute Gasteiger partial charge is 0.318 e. The predicted octanol–water partition coefficient (Wildman–Crippen LogP) is 1.19. The third-order valence-electron chi connectivity index (χ3n) is 2.09. The summed E-state index contributed by atoms with van der Waals surface area (Å²) in [6.07, 6.45) is 5.00. The highest BCUT2D eigenvalue weighted by Gasteiger charge is 2.28. The fraction of sp³-hybridized carbons (Fsp3) is 0.182. The zero-order valence-electron chi connectivity index (χ0n) is 9.51. The Hall–Kier alpha value is -1.62. The molecule has 0 radical (unpaired) electrons. The van der Waals surface area contributed by atoms with Gasteiger partial charge in [-0.15, -0.1) is 6.42 Å². The molecular weight excluding hydrogens is 297 g/mol. The summed E-state index contributed by atoms with van der Waals surface area (Å²) in [5.74, 6) is -0.0208. The second-order valence-electron chi connectivity index (χ2n) is 3.45. The Kier molecular flexibility index (Phi) is 4.89. The van der Waals surface area contributed by atoms with E-state index in [1.807, 2.05) is 5.92 Å². The van der Waals surface area contributed by atoms with Gasteiger partial charge >= 0.3 is 5.97 Å². The summed E-state index contributed by atoms with van der Waals surface area (Å²) in [7, 11) is -4.19. The van der Waals surface area contributed by atoms with E-state index in [4.69, 9.17) is 23.1 Å². The van der Waals surface area contributed by atoms with Gasteiger partial charge in [0.25, 0.3) is 0 Å². The number of carbonyl (C=O) groups is 1. The third kappa shape index (κ3) is 3.67. The Balaban J connectivity index is 3.27. The lowest BCUT2D eigenvalue weighted by atomic mass is 10.3. The minimum Gasteiger partial charge on any atom is -0.480 e. The van der Waals surface area contributed by atoms with Crippen LogP contribution >= 0.6 is 11.6 Å². The van der Waals surface area contributed by atoms with Crippen molar-refractivity contribution in [3.63, 3.8) is 0 Å². The van der Waals surface area contributed by atoms with Gasteiger partial charge in [-0.2, -0.15) is 4.31 Å². The Labute approximate surface area is 114 Å². The molecule has 0 aliphatic carbocycles. The lowest BCUT2D eigenvalue weighted by Crippen LogP contribution is -2.36. The van der Waals surface area contributed by atoms with Crippen molar-refractivity contribution in [1.82, 2.24) is 4.31 Å². The van der Waals surface area contributed by atoms with Gasteiger partial charge in [0, 0.05) is 0 Å². The van der Waals surface area contributed by atoms with Crippen LogP contribution in [-0.2, 0) is 14.8 Å². The van der Waals surface area contributed by atoms with Crippen LogP contribution in [0.25, 0.3) is 0 Å². The molecule has 0 heterocycles. The summed E-state index contributed by atoms with van der Waals surface area (Å²) >= 11 is 5.65. The lowest BCUT2D eigenvalue weighted by molar-refractivity contribution is -0.137. The zero-order chi connectivity index (χ0) is 14.6. The number of benzene rings is 1. The highest BCUT2D eigenvalue weighted by Crippen LogP contribution is 2.25. The minimum atomic E-state index is -4.19.